The summed E-state index contributed by atoms with van der Waals surface area (Å²) in [6.07, 6.45) is 1.09. The van der Waals surface area contributed by atoms with Gasteiger partial charge in [0.15, 0.2) is 0 Å². The Kier molecular flexibility index (Phi) is 3.60. The lowest BCUT2D eigenvalue weighted by Crippen LogP contribution is -2.30. The molecule has 4 heteroatoms. The number of anilines is 1. The van der Waals surface area contributed by atoms with Gasteiger partial charge in [0.2, 0.25) is 5.95 Å². The molecule has 24 heavy (non-hydrogen) atoms. The van der Waals surface area contributed by atoms with E-state index < -0.39 is 0 Å². The monoisotopic (exact) mass is 319 g/mol. The molecule has 1 aliphatic heterocycles. The highest BCUT2D eigenvalue weighted by Gasteiger charge is 2.26. The lowest BCUT2D eigenvalue weighted by molar-refractivity contribution is 0.755. The minimum absolute atomic E-state index is 0.0226. The molecular weight excluding hydrogens is 298 g/mol. The Hall–Kier alpha value is -2.62. The lowest BCUT2D eigenvalue weighted by Gasteiger charge is -2.20. The summed E-state index contributed by atoms with van der Waals surface area (Å²) in [7, 11) is 1.82. The summed E-state index contributed by atoms with van der Waals surface area (Å²) < 4.78 is 1.68. The second-order valence-electron chi connectivity index (χ2n) is 6.64. The van der Waals surface area contributed by atoms with E-state index in [1.165, 1.54) is 11.1 Å². The van der Waals surface area contributed by atoms with E-state index >= 15 is 0 Å². The van der Waals surface area contributed by atoms with Crippen LogP contribution in [0.3, 0.4) is 0 Å². The van der Waals surface area contributed by atoms with E-state index in [1.54, 1.807) is 4.57 Å². The second kappa shape index (κ2) is 5.78. The van der Waals surface area contributed by atoms with Crippen molar-refractivity contribution >= 4 is 16.9 Å². The van der Waals surface area contributed by atoms with Crippen LogP contribution >= 0.6 is 0 Å². The zero-order valence-electron chi connectivity index (χ0n) is 14.1. The third kappa shape index (κ3) is 2.48. The molecule has 1 fully saturated rings. The number of aromatic nitrogens is 2. The first kappa shape index (κ1) is 14.9. The molecule has 3 aromatic rings. The summed E-state index contributed by atoms with van der Waals surface area (Å²) in [5.74, 6) is 1.27. The fourth-order valence-corrected chi connectivity index (χ4v) is 3.54. The molecule has 1 aliphatic rings. The molecule has 0 spiro atoms. The molecule has 122 valence electrons. The maximum atomic E-state index is 12.6. The van der Waals surface area contributed by atoms with Crippen molar-refractivity contribution in [2.24, 2.45) is 7.05 Å². The van der Waals surface area contributed by atoms with Crippen LogP contribution in [0.4, 0.5) is 5.95 Å². The summed E-state index contributed by atoms with van der Waals surface area (Å²) in [4.78, 5) is 19.6. The van der Waals surface area contributed by atoms with Gasteiger partial charge in [0.25, 0.3) is 5.56 Å². The first-order chi connectivity index (χ1) is 11.6. The zero-order chi connectivity index (χ0) is 16.7. The quantitative estimate of drug-likeness (QED) is 0.728. The molecule has 2 aromatic carbocycles. The largest absolute Gasteiger partial charge is 0.342 e. The predicted octanol–water partition coefficient (Wildman–Crippen LogP) is 3.24. The molecule has 4 rings (SSSR count). The van der Waals surface area contributed by atoms with Crippen LogP contribution in [0.25, 0.3) is 10.9 Å². The van der Waals surface area contributed by atoms with Gasteiger partial charge in [-0.05, 0) is 31.0 Å². The van der Waals surface area contributed by atoms with Gasteiger partial charge in [-0.15, -0.1) is 0 Å². The van der Waals surface area contributed by atoms with Crippen LogP contribution in [0.15, 0.2) is 53.3 Å². The smallest absolute Gasteiger partial charge is 0.262 e. The van der Waals surface area contributed by atoms with Crippen molar-refractivity contribution in [1.82, 2.24) is 9.55 Å². The molecule has 1 atom stereocenters. The van der Waals surface area contributed by atoms with Crippen LogP contribution in [-0.2, 0) is 7.05 Å². The van der Waals surface area contributed by atoms with Gasteiger partial charge in [-0.3, -0.25) is 9.36 Å². The predicted molar refractivity (Wildman–Crippen MR) is 97.7 cm³/mol. The van der Waals surface area contributed by atoms with E-state index in [4.69, 9.17) is 4.98 Å². The standard InChI is InChI=1S/C20H21N3O/c1-14-7-9-15(10-8-14)16-11-12-23(13-16)20-21-18-6-4-3-5-17(18)19(24)22(20)2/h3-10,16H,11-13H2,1-2H3/t16-/m1/s1. The highest BCUT2D eigenvalue weighted by molar-refractivity contribution is 5.78. The SMILES string of the molecule is Cc1ccc([C@@H]2CCN(c3nc4ccccc4c(=O)n3C)C2)cc1. The highest BCUT2D eigenvalue weighted by atomic mass is 16.1. The van der Waals surface area contributed by atoms with E-state index in [0.29, 0.717) is 11.3 Å². The Morgan fingerprint density at radius 2 is 1.83 bits per heavy atom. The summed E-state index contributed by atoms with van der Waals surface area (Å²) in [5, 5.41) is 0.679. The van der Waals surface area contributed by atoms with Gasteiger partial charge in [-0.1, -0.05) is 42.0 Å². The number of aryl methyl sites for hydroxylation is 1. The van der Waals surface area contributed by atoms with Crippen molar-refractivity contribution in [2.45, 2.75) is 19.3 Å². The van der Waals surface area contributed by atoms with Crippen molar-refractivity contribution in [3.05, 3.63) is 70.0 Å². The van der Waals surface area contributed by atoms with Gasteiger partial charge in [0.1, 0.15) is 0 Å². The van der Waals surface area contributed by atoms with Gasteiger partial charge >= 0.3 is 0 Å². The van der Waals surface area contributed by atoms with Crippen molar-refractivity contribution in [2.75, 3.05) is 18.0 Å². The molecule has 1 aromatic heterocycles. The molecule has 0 bridgehead atoms. The fraction of sp³-hybridized carbons (Fsp3) is 0.300. The van der Waals surface area contributed by atoms with Crippen molar-refractivity contribution in [3.8, 4) is 0 Å². The lowest BCUT2D eigenvalue weighted by atomic mass is 9.98. The van der Waals surface area contributed by atoms with Crippen LogP contribution < -0.4 is 10.5 Å². The summed E-state index contributed by atoms with van der Waals surface area (Å²) in [5.41, 5.74) is 3.45. The normalized spacial score (nSPS) is 17.6. The summed E-state index contributed by atoms with van der Waals surface area (Å²) in [6.45, 7) is 3.94. The maximum absolute atomic E-state index is 12.6. The van der Waals surface area contributed by atoms with Crippen molar-refractivity contribution in [1.29, 1.82) is 0 Å². The molecular formula is C20H21N3O. The number of rotatable bonds is 2. The van der Waals surface area contributed by atoms with Crippen LogP contribution in [0.5, 0.6) is 0 Å². The van der Waals surface area contributed by atoms with Gasteiger partial charge in [-0.25, -0.2) is 4.98 Å². The first-order valence-electron chi connectivity index (χ1n) is 8.41. The maximum Gasteiger partial charge on any atom is 0.262 e. The molecule has 2 heterocycles. The minimum atomic E-state index is 0.0226. The van der Waals surface area contributed by atoms with Crippen LogP contribution in [-0.4, -0.2) is 22.6 Å². The molecule has 0 unspecified atom stereocenters. The van der Waals surface area contributed by atoms with Crippen LogP contribution in [0.2, 0.25) is 0 Å². The van der Waals surface area contributed by atoms with Crippen LogP contribution in [0.1, 0.15) is 23.5 Å². The van der Waals surface area contributed by atoms with E-state index in [-0.39, 0.29) is 5.56 Å². The average molecular weight is 319 g/mol. The Labute approximate surface area is 141 Å². The van der Waals surface area contributed by atoms with Gasteiger partial charge < -0.3 is 4.90 Å². The average Bonchev–Trinajstić information content (AvgIpc) is 3.08. The summed E-state index contributed by atoms with van der Waals surface area (Å²) >= 11 is 0. The Morgan fingerprint density at radius 3 is 2.62 bits per heavy atom. The topological polar surface area (TPSA) is 38.1 Å². The van der Waals surface area contributed by atoms with E-state index in [0.717, 1.165) is 31.0 Å². The molecule has 0 radical (unpaired) electrons. The number of fused-ring (bicyclic) bond motifs is 1. The first-order valence-corrected chi connectivity index (χ1v) is 8.41. The Morgan fingerprint density at radius 1 is 1.08 bits per heavy atom. The number of hydrogen-bond acceptors (Lipinski definition) is 3. The highest BCUT2D eigenvalue weighted by Crippen LogP contribution is 2.30. The number of para-hydroxylation sites is 1. The fourth-order valence-electron chi connectivity index (χ4n) is 3.54. The third-order valence-corrected chi connectivity index (χ3v) is 4.98. The Balaban J connectivity index is 1.68. The second-order valence-corrected chi connectivity index (χ2v) is 6.64. The van der Waals surface area contributed by atoms with Gasteiger partial charge in [0.05, 0.1) is 10.9 Å². The zero-order valence-corrected chi connectivity index (χ0v) is 14.1. The van der Waals surface area contributed by atoms with Gasteiger partial charge in [0, 0.05) is 26.1 Å². The molecule has 4 nitrogen and oxygen atoms in total. The molecule has 0 N–H and O–H groups in total. The molecule has 0 saturated carbocycles. The number of nitrogens with zero attached hydrogens (tertiary/aromatic N) is 3. The minimum Gasteiger partial charge on any atom is -0.342 e. The third-order valence-electron chi connectivity index (χ3n) is 4.98. The van der Waals surface area contributed by atoms with Crippen LogP contribution in [0, 0.1) is 6.92 Å². The number of benzene rings is 2. The van der Waals surface area contributed by atoms with Gasteiger partial charge in [-0.2, -0.15) is 0 Å². The molecule has 0 amide bonds. The van der Waals surface area contributed by atoms with E-state index in [1.807, 2.05) is 31.3 Å². The molecule has 1 saturated heterocycles. The van der Waals surface area contributed by atoms with Crippen molar-refractivity contribution in [3.63, 3.8) is 0 Å². The van der Waals surface area contributed by atoms with Crippen molar-refractivity contribution < 1.29 is 0 Å². The number of hydrogen-bond donors (Lipinski definition) is 0. The molecule has 0 aliphatic carbocycles. The Bertz CT molecular complexity index is 943. The summed E-state index contributed by atoms with van der Waals surface area (Å²) in [6, 6.07) is 16.3. The van der Waals surface area contributed by atoms with E-state index in [2.05, 4.69) is 36.1 Å². The van der Waals surface area contributed by atoms with E-state index in [9.17, 15) is 4.79 Å².